The van der Waals surface area contributed by atoms with Crippen molar-refractivity contribution in [1.82, 2.24) is 4.90 Å². The van der Waals surface area contributed by atoms with Crippen molar-refractivity contribution in [1.29, 1.82) is 0 Å². The van der Waals surface area contributed by atoms with Crippen LogP contribution in [0.25, 0.3) is 0 Å². The van der Waals surface area contributed by atoms with Crippen molar-refractivity contribution in [2.24, 2.45) is 0 Å². The maximum atomic E-state index is 10.8. The Kier molecular flexibility index (Phi) is 2.81. The van der Waals surface area contributed by atoms with Crippen LogP contribution in [0.3, 0.4) is 0 Å². The molecule has 0 saturated carbocycles. The highest BCUT2D eigenvalue weighted by molar-refractivity contribution is 6.32. The predicted molar refractivity (Wildman–Crippen MR) is 42.9 cm³/mol. The van der Waals surface area contributed by atoms with Gasteiger partial charge in [0.25, 0.3) is 0 Å². The second-order valence-corrected chi connectivity index (χ2v) is 3.21. The highest BCUT2D eigenvalue weighted by Gasteiger charge is 2.25. The summed E-state index contributed by atoms with van der Waals surface area (Å²) in [4.78, 5) is 23.1. The van der Waals surface area contributed by atoms with Gasteiger partial charge in [0.15, 0.2) is 0 Å². The maximum Gasteiger partial charge on any atom is 0.372 e. The molecule has 0 radical (unpaired) electrons. The van der Waals surface area contributed by atoms with Gasteiger partial charge in [-0.15, -0.1) is 0 Å². The Morgan fingerprint density at radius 3 is 2.67 bits per heavy atom. The van der Waals surface area contributed by atoms with E-state index in [1.54, 1.807) is 0 Å². The molecule has 1 fully saturated rings. The minimum absolute atomic E-state index is 0.147. The molecular weight excluding hydrogens is 158 g/mol. The van der Waals surface area contributed by atoms with E-state index in [2.05, 4.69) is 0 Å². The number of carbonyl (C=O) groups excluding carboxylic acids is 1. The third kappa shape index (κ3) is 2.04. The van der Waals surface area contributed by atoms with E-state index in [9.17, 15) is 9.59 Å². The minimum Gasteiger partial charge on any atom is -0.476 e. The lowest BCUT2D eigenvalue weighted by Gasteiger charge is -2.16. The lowest BCUT2D eigenvalue weighted by atomic mass is 10.1. The third-order valence-electron chi connectivity index (χ3n) is 2.33. The average Bonchev–Trinajstić information content (AvgIpc) is 2.36. The van der Waals surface area contributed by atoms with Crippen LogP contribution in [0, 0.1) is 0 Å². The summed E-state index contributed by atoms with van der Waals surface area (Å²) in [6.45, 7) is 0.970. The molecule has 1 unspecified atom stereocenters. The first-order valence-corrected chi connectivity index (χ1v) is 4.07. The number of likely N-dealkylation sites (tertiary alicyclic amines) is 1. The van der Waals surface area contributed by atoms with Crippen molar-refractivity contribution in [3.8, 4) is 0 Å². The molecule has 1 aliphatic rings. The minimum atomic E-state index is -1.31. The van der Waals surface area contributed by atoms with Crippen LogP contribution in [0.4, 0.5) is 0 Å². The maximum absolute atomic E-state index is 10.8. The van der Waals surface area contributed by atoms with Crippen LogP contribution in [0.5, 0.6) is 0 Å². The summed E-state index contributed by atoms with van der Waals surface area (Å²) in [6.07, 6.45) is 2.16. The molecule has 1 N–H and O–H groups in total. The number of Topliss-reactive ketones (excluding diaryl/α,β-unsaturated/α-hetero) is 1. The highest BCUT2D eigenvalue weighted by atomic mass is 16.4. The van der Waals surface area contributed by atoms with Crippen molar-refractivity contribution >= 4 is 11.8 Å². The molecule has 4 nitrogen and oxygen atoms in total. The van der Waals surface area contributed by atoms with E-state index in [1.165, 1.54) is 0 Å². The van der Waals surface area contributed by atoms with Gasteiger partial charge < -0.3 is 10.0 Å². The van der Waals surface area contributed by atoms with Gasteiger partial charge in [0.2, 0.25) is 5.78 Å². The van der Waals surface area contributed by atoms with Crippen LogP contribution in [-0.2, 0) is 9.59 Å². The van der Waals surface area contributed by atoms with E-state index in [-0.39, 0.29) is 12.5 Å². The normalized spacial score (nSPS) is 24.2. The topological polar surface area (TPSA) is 57.6 Å². The van der Waals surface area contributed by atoms with E-state index < -0.39 is 11.8 Å². The molecule has 4 heteroatoms. The smallest absolute Gasteiger partial charge is 0.372 e. The van der Waals surface area contributed by atoms with Crippen LogP contribution in [-0.4, -0.2) is 41.4 Å². The van der Waals surface area contributed by atoms with E-state index >= 15 is 0 Å². The van der Waals surface area contributed by atoms with Crippen LogP contribution in [0.1, 0.15) is 19.3 Å². The Morgan fingerprint density at radius 2 is 2.25 bits per heavy atom. The zero-order valence-corrected chi connectivity index (χ0v) is 7.12. The number of hydrogen-bond acceptors (Lipinski definition) is 3. The number of carbonyl (C=O) groups is 2. The monoisotopic (exact) mass is 171 g/mol. The molecular formula is C8H13NO3. The van der Waals surface area contributed by atoms with Crippen LogP contribution in [0.15, 0.2) is 0 Å². The molecule has 1 saturated heterocycles. The van der Waals surface area contributed by atoms with Crippen LogP contribution >= 0.6 is 0 Å². The van der Waals surface area contributed by atoms with Crippen molar-refractivity contribution in [3.05, 3.63) is 0 Å². The van der Waals surface area contributed by atoms with Crippen molar-refractivity contribution in [2.45, 2.75) is 25.3 Å². The van der Waals surface area contributed by atoms with Crippen molar-refractivity contribution < 1.29 is 14.7 Å². The molecule has 0 aromatic carbocycles. The third-order valence-corrected chi connectivity index (χ3v) is 2.33. The standard InChI is InChI=1S/C8H13NO3/c1-9-4-2-3-6(9)5-7(10)8(11)12/h6H,2-5H2,1H3,(H,11,12). The Hall–Kier alpha value is -0.900. The lowest BCUT2D eigenvalue weighted by molar-refractivity contribution is -0.149. The largest absolute Gasteiger partial charge is 0.476 e. The summed E-state index contributed by atoms with van der Waals surface area (Å²) in [5.74, 6) is -1.98. The van der Waals surface area contributed by atoms with E-state index in [0.29, 0.717) is 0 Å². The predicted octanol–water partition coefficient (Wildman–Crippen LogP) is 0.124. The first-order valence-electron chi connectivity index (χ1n) is 4.07. The van der Waals surface area contributed by atoms with Gasteiger partial charge in [-0.25, -0.2) is 4.79 Å². The number of carboxylic acids is 1. The fourth-order valence-corrected chi connectivity index (χ4v) is 1.54. The Labute approximate surface area is 71.2 Å². The quantitative estimate of drug-likeness (QED) is 0.613. The molecule has 1 heterocycles. The number of aliphatic carboxylic acids is 1. The summed E-state index contributed by atoms with van der Waals surface area (Å²) >= 11 is 0. The summed E-state index contributed by atoms with van der Waals surface area (Å²) in [6, 6.07) is 0.147. The fraction of sp³-hybridized carbons (Fsp3) is 0.750. The Balaban J connectivity index is 2.40. The Bertz CT molecular complexity index is 202. The molecule has 0 aromatic rings. The Morgan fingerprint density at radius 1 is 1.58 bits per heavy atom. The molecule has 0 spiro atoms. The van der Waals surface area contributed by atoms with Crippen LogP contribution < -0.4 is 0 Å². The fourth-order valence-electron chi connectivity index (χ4n) is 1.54. The number of hydrogen-bond donors (Lipinski definition) is 1. The van der Waals surface area contributed by atoms with Gasteiger partial charge in [-0.2, -0.15) is 0 Å². The van der Waals surface area contributed by atoms with Crippen molar-refractivity contribution in [2.75, 3.05) is 13.6 Å². The number of nitrogens with zero attached hydrogens (tertiary/aromatic N) is 1. The van der Waals surface area contributed by atoms with Gasteiger partial charge >= 0.3 is 5.97 Å². The molecule has 12 heavy (non-hydrogen) atoms. The van der Waals surface area contributed by atoms with E-state index in [0.717, 1.165) is 19.4 Å². The molecule has 1 aliphatic heterocycles. The van der Waals surface area contributed by atoms with E-state index in [1.807, 2.05) is 11.9 Å². The first-order chi connectivity index (χ1) is 5.61. The average molecular weight is 171 g/mol. The molecule has 0 bridgehead atoms. The SMILES string of the molecule is CN1CCCC1CC(=O)C(=O)O. The number of carboxylic acid groups (broad SMARTS) is 1. The van der Waals surface area contributed by atoms with Gasteiger partial charge in [0.05, 0.1) is 0 Å². The van der Waals surface area contributed by atoms with Gasteiger partial charge in [-0.1, -0.05) is 0 Å². The highest BCUT2D eigenvalue weighted by Crippen LogP contribution is 2.17. The molecule has 0 amide bonds. The second kappa shape index (κ2) is 3.67. The zero-order chi connectivity index (χ0) is 9.14. The lowest BCUT2D eigenvalue weighted by Crippen LogP contribution is -2.29. The second-order valence-electron chi connectivity index (χ2n) is 3.21. The summed E-state index contributed by atoms with van der Waals surface area (Å²) in [5, 5.41) is 8.36. The summed E-state index contributed by atoms with van der Waals surface area (Å²) in [5.41, 5.74) is 0. The molecule has 0 aromatic heterocycles. The van der Waals surface area contributed by atoms with Gasteiger partial charge in [0.1, 0.15) is 0 Å². The number of rotatable bonds is 3. The van der Waals surface area contributed by atoms with Crippen LogP contribution in [0.2, 0.25) is 0 Å². The van der Waals surface area contributed by atoms with Gasteiger partial charge in [-0.05, 0) is 26.4 Å². The first kappa shape index (κ1) is 9.19. The zero-order valence-electron chi connectivity index (χ0n) is 7.12. The summed E-state index contributed by atoms with van der Waals surface area (Å²) in [7, 11) is 1.92. The molecule has 1 rings (SSSR count). The van der Waals surface area contributed by atoms with Crippen molar-refractivity contribution in [3.63, 3.8) is 0 Å². The number of ketones is 1. The van der Waals surface area contributed by atoms with E-state index in [4.69, 9.17) is 5.11 Å². The van der Waals surface area contributed by atoms with Gasteiger partial charge in [0, 0.05) is 12.5 Å². The molecule has 68 valence electrons. The van der Waals surface area contributed by atoms with Gasteiger partial charge in [-0.3, -0.25) is 4.79 Å². The molecule has 0 aliphatic carbocycles. The summed E-state index contributed by atoms with van der Waals surface area (Å²) < 4.78 is 0. The molecule has 1 atom stereocenters.